The van der Waals surface area contributed by atoms with E-state index in [4.69, 9.17) is 4.74 Å². The van der Waals surface area contributed by atoms with Crippen molar-refractivity contribution in [3.05, 3.63) is 94.7 Å². The Bertz CT molecular complexity index is 1270. The molecule has 3 aromatic rings. The third-order valence-electron chi connectivity index (χ3n) is 6.38. The highest BCUT2D eigenvalue weighted by Gasteiger charge is 2.23. The van der Waals surface area contributed by atoms with Gasteiger partial charge in [-0.15, -0.1) is 0 Å². The number of ether oxygens (including phenoxy) is 1. The van der Waals surface area contributed by atoms with Gasteiger partial charge in [0, 0.05) is 25.6 Å². The predicted molar refractivity (Wildman–Crippen MR) is 140 cm³/mol. The van der Waals surface area contributed by atoms with Crippen LogP contribution in [0.4, 0.5) is 14.6 Å². The zero-order chi connectivity index (χ0) is 26.9. The third-order valence-corrected chi connectivity index (χ3v) is 6.38. The van der Waals surface area contributed by atoms with Crippen LogP contribution in [0.5, 0.6) is 0 Å². The maximum Gasteiger partial charge on any atom is 0.308 e. The van der Waals surface area contributed by atoms with Crippen molar-refractivity contribution in [3.63, 3.8) is 0 Å². The van der Waals surface area contributed by atoms with Crippen molar-refractivity contribution in [1.82, 2.24) is 15.6 Å². The van der Waals surface area contributed by atoms with E-state index in [1.807, 2.05) is 12.1 Å². The second-order valence-electron chi connectivity index (χ2n) is 9.22. The summed E-state index contributed by atoms with van der Waals surface area (Å²) in [5, 5.41) is 9.48. The molecular weight excluding hydrogens is 490 g/mol. The Morgan fingerprint density at radius 1 is 1.00 bits per heavy atom. The highest BCUT2D eigenvalue weighted by molar-refractivity contribution is 5.79. The molecule has 2 heterocycles. The fraction of sp³-hybridized carbons (Fsp3) is 0.345. The molecule has 7 nitrogen and oxygen atoms in total. The largest absolute Gasteiger partial charge is 0.466 e. The molecule has 1 amide bonds. The van der Waals surface area contributed by atoms with Crippen molar-refractivity contribution in [3.8, 4) is 0 Å². The van der Waals surface area contributed by atoms with E-state index in [1.165, 1.54) is 35.9 Å². The number of carbonyl (C=O) groups is 2. The number of carbonyl (C=O) groups excluding carboxylic acids is 2. The maximum atomic E-state index is 14.1. The van der Waals surface area contributed by atoms with Crippen molar-refractivity contribution < 1.29 is 23.1 Å². The van der Waals surface area contributed by atoms with Crippen molar-refractivity contribution in [2.75, 3.05) is 18.5 Å². The zero-order valence-corrected chi connectivity index (χ0v) is 21.3. The smallest absolute Gasteiger partial charge is 0.308 e. The summed E-state index contributed by atoms with van der Waals surface area (Å²) in [6.07, 6.45) is 1.86. The van der Waals surface area contributed by atoms with Gasteiger partial charge in [-0.05, 0) is 66.8 Å². The van der Waals surface area contributed by atoms with Crippen molar-refractivity contribution in [2.24, 2.45) is 0 Å². The van der Waals surface area contributed by atoms with Gasteiger partial charge in [-0.25, -0.2) is 13.8 Å². The summed E-state index contributed by atoms with van der Waals surface area (Å²) >= 11 is 0. The number of aromatic nitrogens is 1. The molecule has 1 aliphatic rings. The van der Waals surface area contributed by atoms with Crippen LogP contribution in [0, 0.1) is 11.6 Å². The lowest BCUT2D eigenvalue weighted by molar-refractivity contribution is -0.143. The predicted octanol–water partition coefficient (Wildman–Crippen LogP) is 4.75. The van der Waals surface area contributed by atoms with Gasteiger partial charge in [0.25, 0.3) is 0 Å². The molecule has 2 unspecified atom stereocenters. The Balaban J connectivity index is 1.49. The van der Waals surface area contributed by atoms with Gasteiger partial charge in [0.2, 0.25) is 5.91 Å². The van der Waals surface area contributed by atoms with E-state index >= 15 is 0 Å². The molecule has 0 radical (unpaired) electrons. The molecule has 0 fully saturated rings. The topological polar surface area (TPSA) is 92.3 Å². The Hall–Kier alpha value is -3.85. The number of fused-ring (bicyclic) bond motifs is 1. The first-order valence-corrected chi connectivity index (χ1v) is 12.8. The van der Waals surface area contributed by atoms with Crippen LogP contribution >= 0.6 is 0 Å². The van der Waals surface area contributed by atoms with Crippen molar-refractivity contribution >= 4 is 17.7 Å². The SMILES string of the molecule is CCOC(=O)CC(NC(=O)CC(NCc1ccc2c(n1)NCCC2)c1cccc(F)c1)c1cccc(F)c1. The van der Waals surface area contributed by atoms with Crippen LogP contribution < -0.4 is 16.0 Å². The number of rotatable bonds is 11. The average Bonchev–Trinajstić information content (AvgIpc) is 2.90. The second kappa shape index (κ2) is 13.1. The second-order valence-corrected chi connectivity index (χ2v) is 9.22. The highest BCUT2D eigenvalue weighted by Crippen LogP contribution is 2.24. The number of hydrogen-bond acceptors (Lipinski definition) is 6. The van der Waals surface area contributed by atoms with Gasteiger partial charge in [0.1, 0.15) is 17.5 Å². The van der Waals surface area contributed by atoms with E-state index in [-0.39, 0.29) is 25.4 Å². The summed E-state index contributed by atoms with van der Waals surface area (Å²) in [6, 6.07) is 14.5. The van der Waals surface area contributed by atoms with Gasteiger partial charge in [0.05, 0.1) is 24.8 Å². The number of halogens is 2. The summed E-state index contributed by atoms with van der Waals surface area (Å²) in [7, 11) is 0. The highest BCUT2D eigenvalue weighted by atomic mass is 19.1. The Morgan fingerprint density at radius 2 is 1.71 bits per heavy atom. The van der Waals surface area contributed by atoms with Gasteiger partial charge in [-0.1, -0.05) is 30.3 Å². The first-order chi connectivity index (χ1) is 18.4. The van der Waals surface area contributed by atoms with E-state index in [9.17, 15) is 18.4 Å². The summed E-state index contributed by atoms with van der Waals surface area (Å²) in [4.78, 5) is 30.1. The van der Waals surface area contributed by atoms with E-state index in [0.717, 1.165) is 30.9 Å². The fourth-order valence-corrected chi connectivity index (χ4v) is 4.53. The fourth-order valence-electron chi connectivity index (χ4n) is 4.53. The van der Waals surface area contributed by atoms with E-state index in [2.05, 4.69) is 20.9 Å². The summed E-state index contributed by atoms with van der Waals surface area (Å²) in [5.74, 6) is -0.908. The van der Waals surface area contributed by atoms with Crippen LogP contribution in [-0.4, -0.2) is 30.0 Å². The number of nitrogens with one attached hydrogen (secondary N) is 3. The lowest BCUT2D eigenvalue weighted by atomic mass is 10.0. The molecule has 0 spiro atoms. The summed E-state index contributed by atoms with van der Waals surface area (Å²) in [5.41, 5.74) is 3.02. The number of aryl methyl sites for hydroxylation is 1. The number of benzene rings is 2. The van der Waals surface area contributed by atoms with E-state index in [1.54, 1.807) is 25.1 Å². The van der Waals surface area contributed by atoms with Gasteiger partial charge in [-0.3, -0.25) is 9.59 Å². The number of amides is 1. The molecule has 9 heteroatoms. The van der Waals surface area contributed by atoms with Crippen molar-refractivity contribution in [1.29, 1.82) is 0 Å². The van der Waals surface area contributed by atoms with Crippen LogP contribution in [0.15, 0.2) is 60.7 Å². The molecule has 0 aliphatic carbocycles. The van der Waals surface area contributed by atoms with E-state index < -0.39 is 29.7 Å². The first kappa shape index (κ1) is 27.2. The standard InChI is InChI=1S/C29H32F2N4O3/c1-2-38-28(37)17-26(21-7-4-10-23(31)15-21)35-27(36)16-25(20-6-3-9-22(30)14-20)33-18-24-12-11-19-8-5-13-32-29(19)34-24/h3-4,6-7,9-12,14-15,25-26,33H,2,5,8,13,16-18H2,1H3,(H,32,34)(H,35,36). The number of esters is 1. The molecule has 0 bridgehead atoms. The Labute approximate surface area is 221 Å². The molecule has 2 atom stereocenters. The van der Waals surface area contributed by atoms with Crippen LogP contribution in [0.3, 0.4) is 0 Å². The maximum absolute atomic E-state index is 14.1. The minimum absolute atomic E-state index is 0.0404. The van der Waals surface area contributed by atoms with Crippen molar-refractivity contribution in [2.45, 2.75) is 51.2 Å². The monoisotopic (exact) mass is 522 g/mol. The Kier molecular flexibility index (Phi) is 9.37. The minimum Gasteiger partial charge on any atom is -0.466 e. The number of pyridine rings is 1. The average molecular weight is 523 g/mol. The molecule has 1 aromatic heterocycles. The summed E-state index contributed by atoms with van der Waals surface area (Å²) in [6.45, 7) is 3.12. The molecule has 3 N–H and O–H groups in total. The molecule has 0 saturated carbocycles. The first-order valence-electron chi connectivity index (χ1n) is 12.8. The Morgan fingerprint density at radius 3 is 2.39 bits per heavy atom. The number of hydrogen-bond donors (Lipinski definition) is 3. The zero-order valence-electron chi connectivity index (χ0n) is 21.3. The van der Waals surface area contributed by atoms with Crippen LogP contribution in [-0.2, 0) is 27.3 Å². The normalized spacial score (nSPS) is 14.1. The number of nitrogens with zero attached hydrogens (tertiary/aromatic N) is 1. The molecular formula is C29H32F2N4O3. The number of anilines is 1. The van der Waals surface area contributed by atoms with Crippen LogP contribution in [0.2, 0.25) is 0 Å². The molecule has 200 valence electrons. The molecule has 4 rings (SSSR count). The van der Waals surface area contributed by atoms with Crippen LogP contribution in [0.1, 0.15) is 60.7 Å². The van der Waals surface area contributed by atoms with Gasteiger partial charge >= 0.3 is 5.97 Å². The van der Waals surface area contributed by atoms with Crippen LogP contribution in [0.25, 0.3) is 0 Å². The lowest BCUT2D eigenvalue weighted by Gasteiger charge is -2.23. The van der Waals surface area contributed by atoms with Gasteiger partial charge < -0.3 is 20.7 Å². The summed E-state index contributed by atoms with van der Waals surface area (Å²) < 4.78 is 33.0. The van der Waals surface area contributed by atoms with E-state index in [0.29, 0.717) is 17.7 Å². The molecule has 1 aliphatic heterocycles. The minimum atomic E-state index is -0.779. The molecule has 2 aromatic carbocycles. The molecule has 0 saturated heterocycles. The van der Waals surface area contributed by atoms with Gasteiger partial charge in [-0.2, -0.15) is 0 Å². The lowest BCUT2D eigenvalue weighted by Crippen LogP contribution is -2.34. The molecule has 38 heavy (non-hydrogen) atoms. The van der Waals surface area contributed by atoms with Gasteiger partial charge in [0.15, 0.2) is 0 Å². The third kappa shape index (κ3) is 7.58. The quantitative estimate of drug-likeness (QED) is 0.315.